The lowest BCUT2D eigenvalue weighted by molar-refractivity contribution is -0.184. The zero-order valence-corrected chi connectivity index (χ0v) is 19.9. The fraction of sp³-hybridized carbons (Fsp3) is 0.769. The Morgan fingerprint density at radius 1 is 1.12 bits per heavy atom. The van der Waals surface area contributed by atoms with E-state index in [2.05, 4.69) is 6.92 Å². The lowest BCUT2D eigenvalue weighted by Gasteiger charge is -2.60. The van der Waals surface area contributed by atoms with E-state index >= 15 is 0 Å². The Bertz CT molecular complexity index is 906. The molecular weight excluding hydrogens is 424 g/mol. The van der Waals surface area contributed by atoms with Gasteiger partial charge in [0, 0.05) is 18.3 Å². The number of fused-ring (bicyclic) bond motifs is 5. The maximum atomic E-state index is 13.1. The molecule has 0 spiro atoms. The van der Waals surface area contributed by atoms with Crippen molar-refractivity contribution in [2.24, 2.45) is 28.6 Å². The van der Waals surface area contributed by atoms with Crippen LogP contribution in [0.3, 0.4) is 0 Å². The molecule has 0 amide bonds. The van der Waals surface area contributed by atoms with Crippen LogP contribution in [-0.2, 0) is 23.9 Å². The molecule has 7 atom stereocenters. The van der Waals surface area contributed by atoms with Crippen molar-refractivity contribution < 1.29 is 34.1 Å². The van der Waals surface area contributed by atoms with Crippen LogP contribution in [0, 0.1) is 28.6 Å². The van der Waals surface area contributed by atoms with Crippen LogP contribution < -0.4 is 0 Å². The first-order valence-electron chi connectivity index (χ1n) is 12.2. The molecule has 4 rings (SSSR count). The quantitative estimate of drug-likeness (QED) is 0.585. The molecule has 0 heterocycles. The minimum Gasteiger partial charge on any atom is -0.458 e. The van der Waals surface area contributed by atoms with E-state index in [0.29, 0.717) is 19.3 Å². The summed E-state index contributed by atoms with van der Waals surface area (Å²) in [6.45, 7) is 4.93. The van der Waals surface area contributed by atoms with Gasteiger partial charge in [0.15, 0.2) is 12.4 Å². The lowest BCUT2D eigenvalue weighted by atomic mass is 9.45. The number of rotatable bonds is 6. The van der Waals surface area contributed by atoms with Crippen molar-refractivity contribution in [3.05, 3.63) is 11.6 Å². The van der Waals surface area contributed by atoms with Crippen LogP contribution in [0.15, 0.2) is 11.6 Å². The van der Waals surface area contributed by atoms with E-state index in [1.54, 1.807) is 6.08 Å². The SMILES string of the molecule is CC(=O)CCC(=O)OCC(=O)[C@@]1(O)CC[C@H]2[C@@H]3CCC4=CC(=O)CC[C@]4(C)[C@H]3[C@H](O)C[C@@]21C. The molecule has 0 aromatic carbocycles. The predicted octanol–water partition coefficient (Wildman–Crippen LogP) is 2.70. The molecule has 4 aliphatic carbocycles. The molecule has 3 saturated carbocycles. The van der Waals surface area contributed by atoms with E-state index in [1.807, 2.05) is 6.92 Å². The third kappa shape index (κ3) is 3.81. The second-order valence-corrected chi connectivity index (χ2v) is 11.3. The predicted molar refractivity (Wildman–Crippen MR) is 119 cm³/mol. The van der Waals surface area contributed by atoms with Gasteiger partial charge in [-0.3, -0.25) is 14.4 Å². The Labute approximate surface area is 194 Å². The molecule has 182 valence electrons. The molecule has 33 heavy (non-hydrogen) atoms. The van der Waals surface area contributed by atoms with Gasteiger partial charge in [0.2, 0.25) is 5.78 Å². The molecule has 0 aliphatic heterocycles. The summed E-state index contributed by atoms with van der Waals surface area (Å²) in [5.74, 6) is -0.883. The van der Waals surface area contributed by atoms with E-state index in [0.717, 1.165) is 24.8 Å². The number of ketones is 3. The van der Waals surface area contributed by atoms with Crippen molar-refractivity contribution in [3.63, 3.8) is 0 Å². The zero-order chi connectivity index (χ0) is 24.2. The van der Waals surface area contributed by atoms with Crippen LogP contribution in [0.25, 0.3) is 0 Å². The summed E-state index contributed by atoms with van der Waals surface area (Å²) < 4.78 is 5.08. The monoisotopic (exact) mass is 460 g/mol. The molecule has 0 unspecified atom stereocenters. The number of Topliss-reactive ketones (excluding diaryl/α,β-unsaturated/α-hetero) is 2. The van der Waals surface area contributed by atoms with E-state index in [9.17, 15) is 29.4 Å². The first-order valence-corrected chi connectivity index (χ1v) is 12.2. The second kappa shape index (κ2) is 8.42. The summed E-state index contributed by atoms with van der Waals surface area (Å²) >= 11 is 0. The maximum absolute atomic E-state index is 13.1. The number of esters is 1. The number of hydrogen-bond acceptors (Lipinski definition) is 7. The van der Waals surface area contributed by atoms with Crippen molar-refractivity contribution in [1.82, 2.24) is 0 Å². The van der Waals surface area contributed by atoms with Gasteiger partial charge in [-0.15, -0.1) is 0 Å². The van der Waals surface area contributed by atoms with Gasteiger partial charge in [-0.2, -0.15) is 0 Å². The van der Waals surface area contributed by atoms with Gasteiger partial charge < -0.3 is 19.7 Å². The number of carbonyl (C=O) groups excluding carboxylic acids is 4. The number of ether oxygens (including phenoxy) is 1. The second-order valence-electron chi connectivity index (χ2n) is 11.3. The third-order valence-electron chi connectivity index (χ3n) is 9.56. The standard InChI is InChI=1S/C26H36O7/c1-15(27)4-7-22(31)33-14-21(30)26(32)11-9-19-18-6-5-16-12-17(28)8-10-24(16,2)23(18)20(29)13-25(19,26)3/h12,18-20,23,29,32H,4-11,13-14H2,1-3H3/t18-,19-,20+,23+,24-,25-,26-/m0/s1. The minimum atomic E-state index is -1.66. The number of allylic oxidation sites excluding steroid dienone is 1. The van der Waals surface area contributed by atoms with E-state index in [1.165, 1.54) is 6.92 Å². The van der Waals surface area contributed by atoms with Crippen LogP contribution in [0.5, 0.6) is 0 Å². The normalized spacial score (nSPS) is 42.0. The fourth-order valence-electron chi connectivity index (χ4n) is 7.77. The van der Waals surface area contributed by atoms with Gasteiger partial charge >= 0.3 is 5.97 Å². The maximum Gasteiger partial charge on any atom is 0.306 e. The molecule has 0 aromatic rings. The molecule has 3 fully saturated rings. The van der Waals surface area contributed by atoms with Crippen molar-refractivity contribution in [2.45, 2.75) is 90.3 Å². The number of carbonyl (C=O) groups is 4. The van der Waals surface area contributed by atoms with E-state index in [4.69, 9.17) is 4.74 Å². The zero-order valence-electron chi connectivity index (χ0n) is 19.9. The molecule has 0 saturated heterocycles. The molecule has 0 aromatic heterocycles. The smallest absolute Gasteiger partial charge is 0.306 e. The van der Waals surface area contributed by atoms with E-state index in [-0.39, 0.29) is 54.0 Å². The van der Waals surface area contributed by atoms with Crippen molar-refractivity contribution in [2.75, 3.05) is 6.61 Å². The molecular formula is C26H36O7. The average molecular weight is 461 g/mol. The summed E-state index contributed by atoms with van der Waals surface area (Å²) in [4.78, 5) is 48.1. The average Bonchev–Trinajstić information content (AvgIpc) is 3.02. The summed E-state index contributed by atoms with van der Waals surface area (Å²) in [7, 11) is 0. The summed E-state index contributed by atoms with van der Waals surface area (Å²) in [5.41, 5.74) is -1.55. The van der Waals surface area contributed by atoms with Crippen LogP contribution in [0.2, 0.25) is 0 Å². The highest BCUT2D eigenvalue weighted by Gasteiger charge is 2.68. The number of aliphatic hydroxyl groups excluding tert-OH is 1. The van der Waals surface area contributed by atoms with Crippen LogP contribution in [-0.4, -0.2) is 51.8 Å². The summed E-state index contributed by atoms with van der Waals surface area (Å²) in [6.07, 6.45) is 5.22. The highest BCUT2D eigenvalue weighted by Crippen LogP contribution is 2.67. The Kier molecular flexibility index (Phi) is 6.19. The number of aliphatic hydroxyl groups is 2. The van der Waals surface area contributed by atoms with Gasteiger partial charge in [-0.1, -0.05) is 19.4 Å². The third-order valence-corrected chi connectivity index (χ3v) is 9.56. The molecule has 0 radical (unpaired) electrons. The Morgan fingerprint density at radius 2 is 1.85 bits per heavy atom. The molecule has 7 heteroatoms. The van der Waals surface area contributed by atoms with Gasteiger partial charge in [0.25, 0.3) is 0 Å². The number of hydrogen-bond donors (Lipinski definition) is 2. The molecule has 2 N–H and O–H groups in total. The van der Waals surface area contributed by atoms with Crippen LogP contribution in [0.4, 0.5) is 0 Å². The van der Waals surface area contributed by atoms with Crippen molar-refractivity contribution in [3.8, 4) is 0 Å². The van der Waals surface area contributed by atoms with E-state index < -0.39 is 35.5 Å². The van der Waals surface area contributed by atoms with Crippen LogP contribution >= 0.6 is 0 Å². The summed E-state index contributed by atoms with van der Waals surface area (Å²) in [5, 5.41) is 23.0. The first kappa shape index (κ1) is 24.3. The van der Waals surface area contributed by atoms with Crippen molar-refractivity contribution >= 4 is 23.3 Å². The first-order chi connectivity index (χ1) is 15.4. The lowest BCUT2D eigenvalue weighted by Crippen LogP contribution is -2.62. The van der Waals surface area contributed by atoms with Gasteiger partial charge in [0.05, 0.1) is 12.5 Å². The Morgan fingerprint density at radius 3 is 2.55 bits per heavy atom. The summed E-state index contributed by atoms with van der Waals surface area (Å²) in [6, 6.07) is 0. The Hall–Kier alpha value is -1.86. The van der Waals surface area contributed by atoms with Crippen molar-refractivity contribution in [1.29, 1.82) is 0 Å². The highest BCUT2D eigenvalue weighted by atomic mass is 16.5. The Balaban J connectivity index is 1.53. The van der Waals surface area contributed by atoms with Gasteiger partial charge in [0.1, 0.15) is 11.4 Å². The largest absolute Gasteiger partial charge is 0.458 e. The molecule has 7 nitrogen and oxygen atoms in total. The molecule has 0 bridgehead atoms. The minimum absolute atomic E-state index is 0.00513. The van der Waals surface area contributed by atoms with Crippen LogP contribution in [0.1, 0.15) is 78.6 Å². The van der Waals surface area contributed by atoms with Gasteiger partial charge in [-0.25, -0.2) is 0 Å². The highest BCUT2D eigenvalue weighted by molar-refractivity contribution is 5.92. The molecule has 4 aliphatic rings. The topological polar surface area (TPSA) is 118 Å². The fourth-order valence-corrected chi connectivity index (χ4v) is 7.77. The van der Waals surface area contributed by atoms with Gasteiger partial charge in [-0.05, 0) is 74.7 Å².